The summed E-state index contributed by atoms with van der Waals surface area (Å²) in [5, 5.41) is 0.0841. The lowest BCUT2D eigenvalue weighted by atomic mass is 9.76. The third-order valence-electron chi connectivity index (χ3n) is 5.89. The average Bonchev–Trinajstić information content (AvgIpc) is 2.53. The number of aromatic nitrogens is 2. The van der Waals surface area contributed by atoms with Crippen LogP contribution in [0.2, 0.25) is 5.15 Å². The summed E-state index contributed by atoms with van der Waals surface area (Å²) in [4.78, 5) is 19.5. The van der Waals surface area contributed by atoms with Crippen molar-refractivity contribution in [3.8, 4) is 0 Å². The Bertz CT molecular complexity index is 802. The largest absolute Gasteiger partial charge is 0.301 e. The lowest BCUT2D eigenvalue weighted by molar-refractivity contribution is 0.00735. The number of piperidine rings is 2. The van der Waals surface area contributed by atoms with Crippen molar-refractivity contribution in [1.82, 2.24) is 14.5 Å². The van der Waals surface area contributed by atoms with Crippen LogP contribution in [0.15, 0.2) is 29.1 Å². The highest BCUT2D eigenvalue weighted by Gasteiger charge is 2.40. The number of nitrogens with zero attached hydrogens (tertiary/aromatic N) is 3. The van der Waals surface area contributed by atoms with Gasteiger partial charge in [-0.1, -0.05) is 30.7 Å². The van der Waals surface area contributed by atoms with Crippen molar-refractivity contribution in [1.29, 1.82) is 0 Å². The summed E-state index contributed by atoms with van der Waals surface area (Å²) in [6.45, 7) is 2.33. The fourth-order valence-corrected chi connectivity index (χ4v) is 4.78. The summed E-state index contributed by atoms with van der Waals surface area (Å²) in [6, 6.07) is 9.13. The Labute approximate surface area is 141 Å². The van der Waals surface area contributed by atoms with Crippen molar-refractivity contribution in [2.45, 2.75) is 50.7 Å². The molecule has 1 aromatic heterocycles. The molecular formula is C18H22ClN3O. The van der Waals surface area contributed by atoms with E-state index in [0.717, 1.165) is 23.9 Å². The van der Waals surface area contributed by atoms with E-state index in [1.54, 1.807) is 0 Å². The highest BCUT2D eigenvalue weighted by molar-refractivity contribution is 6.29. The molecule has 4 rings (SSSR count). The van der Waals surface area contributed by atoms with Gasteiger partial charge in [0, 0.05) is 18.1 Å². The van der Waals surface area contributed by atoms with E-state index >= 15 is 0 Å². The van der Waals surface area contributed by atoms with Crippen LogP contribution < -0.4 is 5.56 Å². The van der Waals surface area contributed by atoms with Crippen LogP contribution in [0.5, 0.6) is 0 Å². The van der Waals surface area contributed by atoms with Crippen molar-refractivity contribution in [2.75, 3.05) is 7.05 Å². The topological polar surface area (TPSA) is 38.1 Å². The zero-order valence-corrected chi connectivity index (χ0v) is 14.3. The number of benzene rings is 1. The minimum Gasteiger partial charge on any atom is -0.301 e. The highest BCUT2D eigenvalue weighted by Crippen LogP contribution is 2.41. The molecule has 3 heterocycles. The maximum atomic E-state index is 12.7. The number of halogens is 1. The summed E-state index contributed by atoms with van der Waals surface area (Å²) >= 11 is 6.14. The van der Waals surface area contributed by atoms with Crippen molar-refractivity contribution in [3.63, 3.8) is 0 Å². The van der Waals surface area contributed by atoms with Crippen LogP contribution in [0.4, 0.5) is 0 Å². The molecule has 0 radical (unpaired) electrons. The van der Waals surface area contributed by atoms with Crippen molar-refractivity contribution in [2.24, 2.45) is 5.92 Å². The third-order valence-corrected chi connectivity index (χ3v) is 6.14. The number of hydrogen-bond acceptors (Lipinski definition) is 3. The number of rotatable bonds is 1. The second kappa shape index (κ2) is 5.60. The van der Waals surface area contributed by atoms with E-state index in [-0.39, 0.29) is 16.8 Å². The van der Waals surface area contributed by atoms with Crippen molar-refractivity contribution >= 4 is 22.6 Å². The first-order valence-electron chi connectivity index (χ1n) is 8.45. The van der Waals surface area contributed by atoms with Gasteiger partial charge < -0.3 is 9.47 Å². The maximum Gasteiger partial charge on any atom is 0.288 e. The Morgan fingerprint density at radius 1 is 1.17 bits per heavy atom. The number of para-hydroxylation sites is 2. The fourth-order valence-electron chi connectivity index (χ4n) is 4.59. The average molecular weight is 332 g/mol. The van der Waals surface area contributed by atoms with Crippen LogP contribution in [0.1, 0.15) is 38.6 Å². The lowest BCUT2D eigenvalue weighted by Crippen LogP contribution is -2.54. The van der Waals surface area contributed by atoms with E-state index in [4.69, 9.17) is 11.6 Å². The molecule has 0 saturated carbocycles. The monoisotopic (exact) mass is 331 g/mol. The Morgan fingerprint density at radius 3 is 2.78 bits per heavy atom. The lowest BCUT2D eigenvalue weighted by Gasteiger charge is -2.50. The van der Waals surface area contributed by atoms with E-state index in [1.807, 2.05) is 28.8 Å². The van der Waals surface area contributed by atoms with Crippen molar-refractivity contribution in [3.05, 3.63) is 39.8 Å². The predicted molar refractivity (Wildman–Crippen MR) is 93.0 cm³/mol. The van der Waals surface area contributed by atoms with Gasteiger partial charge in [0.15, 0.2) is 5.15 Å². The van der Waals surface area contributed by atoms with Crippen LogP contribution in [0.25, 0.3) is 11.0 Å². The molecule has 0 aliphatic carbocycles. The molecule has 1 aromatic carbocycles. The van der Waals surface area contributed by atoms with Crippen LogP contribution >= 0.6 is 11.6 Å². The van der Waals surface area contributed by atoms with E-state index in [2.05, 4.69) is 23.9 Å². The van der Waals surface area contributed by atoms with Gasteiger partial charge in [0.25, 0.3) is 5.56 Å². The molecular weight excluding hydrogens is 310 g/mol. The second-order valence-electron chi connectivity index (χ2n) is 7.13. The first-order chi connectivity index (χ1) is 11.1. The molecule has 5 heteroatoms. The van der Waals surface area contributed by atoms with Crippen LogP contribution in [0, 0.1) is 5.92 Å². The number of hydrogen-bond donors (Lipinski definition) is 0. The Morgan fingerprint density at radius 2 is 1.96 bits per heavy atom. The SMILES string of the molecule is CC1CCC2CC(n3c(=O)c(Cl)nc4ccccc43)CC1N2C. The molecule has 4 unspecified atom stereocenters. The maximum absolute atomic E-state index is 12.7. The standard InChI is InChI=1S/C18H22ClN3O/c1-11-7-8-12-9-13(10-16(11)21(12)2)22-15-6-4-3-5-14(15)20-17(19)18(22)23/h3-6,11-13,16H,7-10H2,1-2H3. The molecule has 2 fully saturated rings. The molecule has 4 atom stereocenters. The molecule has 2 saturated heterocycles. The minimum absolute atomic E-state index is 0.0841. The zero-order valence-electron chi connectivity index (χ0n) is 13.6. The molecule has 2 aliphatic heterocycles. The molecule has 23 heavy (non-hydrogen) atoms. The van der Waals surface area contributed by atoms with Gasteiger partial charge in [-0.25, -0.2) is 4.98 Å². The van der Waals surface area contributed by atoms with Crippen molar-refractivity contribution < 1.29 is 0 Å². The first-order valence-corrected chi connectivity index (χ1v) is 8.82. The molecule has 0 amide bonds. The summed E-state index contributed by atoms with van der Waals surface area (Å²) in [6.07, 6.45) is 4.54. The fraction of sp³-hybridized carbons (Fsp3) is 0.556. The molecule has 2 aromatic rings. The van der Waals surface area contributed by atoms with Gasteiger partial charge in [0.05, 0.1) is 11.0 Å². The van der Waals surface area contributed by atoms with Crippen LogP contribution in [0.3, 0.4) is 0 Å². The molecule has 0 N–H and O–H groups in total. The molecule has 2 aliphatic rings. The van der Waals surface area contributed by atoms with Gasteiger partial charge >= 0.3 is 0 Å². The van der Waals surface area contributed by atoms with Gasteiger partial charge in [-0.2, -0.15) is 0 Å². The summed E-state index contributed by atoms with van der Waals surface area (Å²) in [5.41, 5.74) is 1.56. The Hall–Kier alpha value is -1.39. The van der Waals surface area contributed by atoms with E-state index in [9.17, 15) is 4.79 Å². The first kappa shape index (κ1) is 15.2. The normalized spacial score (nSPS) is 31.4. The zero-order chi connectivity index (χ0) is 16.1. The molecule has 122 valence electrons. The van der Waals surface area contributed by atoms with E-state index < -0.39 is 0 Å². The number of fused-ring (bicyclic) bond motifs is 3. The minimum atomic E-state index is -0.148. The molecule has 2 bridgehead atoms. The molecule has 0 spiro atoms. The summed E-state index contributed by atoms with van der Waals surface area (Å²) < 4.78 is 1.91. The second-order valence-corrected chi connectivity index (χ2v) is 7.49. The van der Waals surface area contributed by atoms with Gasteiger partial charge in [-0.05, 0) is 50.8 Å². The van der Waals surface area contributed by atoms with Crippen LogP contribution in [-0.2, 0) is 0 Å². The molecule has 4 nitrogen and oxygen atoms in total. The van der Waals surface area contributed by atoms with Gasteiger partial charge in [0.2, 0.25) is 0 Å². The quantitative estimate of drug-likeness (QED) is 0.803. The Kier molecular flexibility index (Phi) is 3.69. The van der Waals surface area contributed by atoms with Crippen LogP contribution in [-0.4, -0.2) is 33.6 Å². The van der Waals surface area contributed by atoms with Gasteiger partial charge in [-0.15, -0.1) is 0 Å². The third kappa shape index (κ3) is 2.39. The highest BCUT2D eigenvalue weighted by atomic mass is 35.5. The Balaban J connectivity index is 1.84. The smallest absolute Gasteiger partial charge is 0.288 e. The van der Waals surface area contributed by atoms with Gasteiger partial charge in [0.1, 0.15) is 0 Å². The summed E-state index contributed by atoms with van der Waals surface area (Å²) in [5.74, 6) is 0.679. The van der Waals surface area contributed by atoms with E-state index in [0.29, 0.717) is 18.0 Å². The van der Waals surface area contributed by atoms with Gasteiger partial charge in [-0.3, -0.25) is 4.79 Å². The summed E-state index contributed by atoms with van der Waals surface area (Å²) in [7, 11) is 2.24. The predicted octanol–water partition coefficient (Wildman–Crippen LogP) is 3.48. The van der Waals surface area contributed by atoms with E-state index in [1.165, 1.54) is 12.8 Å².